The van der Waals surface area contributed by atoms with Gasteiger partial charge in [0.05, 0.1) is 6.54 Å². The van der Waals surface area contributed by atoms with Crippen molar-refractivity contribution in [3.63, 3.8) is 0 Å². The van der Waals surface area contributed by atoms with Crippen LogP contribution in [0.1, 0.15) is 11.1 Å². The van der Waals surface area contributed by atoms with E-state index in [2.05, 4.69) is 10.3 Å². The Labute approximate surface area is 197 Å². The molecule has 170 valence electrons. The van der Waals surface area contributed by atoms with Gasteiger partial charge in [-0.3, -0.25) is 18.5 Å². The van der Waals surface area contributed by atoms with Crippen LogP contribution in [0, 0.1) is 0 Å². The molecule has 0 bridgehead atoms. The Morgan fingerprint density at radius 1 is 1.03 bits per heavy atom. The quantitative estimate of drug-likeness (QED) is 0.464. The average molecular weight is 488 g/mol. The van der Waals surface area contributed by atoms with Crippen LogP contribution in [0.5, 0.6) is 11.5 Å². The standard InChI is InChI=1S/C22H19Cl2N5O4/c1-27-19-18(20(30)28(2)22(27)31)29(10-13-4-5-14(23)8-15(13)24)21(26-19)25-9-12-3-6-16-17(7-12)33-11-32-16/h3-8H,9-11H2,1-2H3,(H,25,26). The number of nitrogens with zero attached hydrogens (tertiary/aromatic N) is 4. The molecule has 2 aromatic heterocycles. The summed E-state index contributed by atoms with van der Waals surface area (Å²) in [5, 5.41) is 4.26. The van der Waals surface area contributed by atoms with E-state index in [0.29, 0.717) is 39.6 Å². The monoisotopic (exact) mass is 487 g/mol. The molecule has 0 spiro atoms. The number of rotatable bonds is 5. The van der Waals surface area contributed by atoms with Gasteiger partial charge in [-0.1, -0.05) is 35.3 Å². The highest BCUT2D eigenvalue weighted by molar-refractivity contribution is 6.35. The maximum atomic E-state index is 13.0. The number of anilines is 1. The second kappa shape index (κ2) is 8.17. The summed E-state index contributed by atoms with van der Waals surface area (Å²) >= 11 is 12.4. The van der Waals surface area contributed by atoms with Gasteiger partial charge in [-0.25, -0.2) is 4.79 Å². The molecule has 0 fully saturated rings. The molecule has 4 aromatic rings. The number of aromatic nitrogens is 4. The highest BCUT2D eigenvalue weighted by Gasteiger charge is 2.20. The molecule has 0 saturated carbocycles. The Kier molecular flexibility index (Phi) is 5.30. The Bertz CT molecular complexity index is 1520. The third-order valence-electron chi connectivity index (χ3n) is 5.58. The van der Waals surface area contributed by atoms with E-state index in [4.69, 9.17) is 32.7 Å². The van der Waals surface area contributed by atoms with Crippen LogP contribution in [-0.4, -0.2) is 25.5 Å². The van der Waals surface area contributed by atoms with E-state index < -0.39 is 11.2 Å². The molecule has 1 aliphatic heterocycles. The molecular formula is C22H19Cl2N5O4. The number of aryl methyl sites for hydroxylation is 1. The molecule has 9 nitrogen and oxygen atoms in total. The van der Waals surface area contributed by atoms with E-state index in [-0.39, 0.29) is 19.0 Å². The first-order valence-corrected chi connectivity index (χ1v) is 10.8. The fourth-order valence-electron chi connectivity index (χ4n) is 3.79. The number of benzene rings is 2. The highest BCUT2D eigenvalue weighted by Crippen LogP contribution is 2.33. The highest BCUT2D eigenvalue weighted by atomic mass is 35.5. The zero-order valence-corrected chi connectivity index (χ0v) is 19.3. The zero-order valence-electron chi connectivity index (χ0n) is 17.8. The van der Waals surface area contributed by atoms with Gasteiger partial charge in [0.25, 0.3) is 5.56 Å². The van der Waals surface area contributed by atoms with Crippen molar-refractivity contribution in [2.75, 3.05) is 12.1 Å². The predicted molar refractivity (Wildman–Crippen MR) is 126 cm³/mol. The lowest BCUT2D eigenvalue weighted by Gasteiger charge is -2.12. The zero-order chi connectivity index (χ0) is 23.3. The Morgan fingerprint density at radius 3 is 2.61 bits per heavy atom. The number of halogens is 2. The number of nitrogens with one attached hydrogen (secondary N) is 1. The van der Waals surface area contributed by atoms with Crippen LogP contribution in [0.4, 0.5) is 5.95 Å². The molecule has 0 radical (unpaired) electrons. The van der Waals surface area contributed by atoms with E-state index in [1.807, 2.05) is 18.2 Å². The maximum Gasteiger partial charge on any atom is 0.332 e. The lowest BCUT2D eigenvalue weighted by Crippen LogP contribution is -2.37. The molecule has 33 heavy (non-hydrogen) atoms. The molecule has 3 heterocycles. The second-order valence-corrected chi connectivity index (χ2v) is 8.52. The smallest absolute Gasteiger partial charge is 0.332 e. The molecule has 0 amide bonds. The largest absolute Gasteiger partial charge is 0.454 e. The summed E-state index contributed by atoms with van der Waals surface area (Å²) in [5.41, 5.74) is 1.36. The number of hydrogen-bond acceptors (Lipinski definition) is 6. The Morgan fingerprint density at radius 2 is 1.82 bits per heavy atom. The van der Waals surface area contributed by atoms with Crippen LogP contribution in [0.15, 0.2) is 46.0 Å². The van der Waals surface area contributed by atoms with Crippen LogP contribution in [-0.2, 0) is 27.2 Å². The van der Waals surface area contributed by atoms with E-state index >= 15 is 0 Å². The van der Waals surface area contributed by atoms with Crippen molar-refractivity contribution in [3.8, 4) is 11.5 Å². The summed E-state index contributed by atoms with van der Waals surface area (Å²) in [7, 11) is 3.02. The predicted octanol–water partition coefficient (Wildman–Crippen LogP) is 3.13. The molecule has 1 N–H and O–H groups in total. The van der Waals surface area contributed by atoms with Gasteiger partial charge in [-0.15, -0.1) is 0 Å². The lowest BCUT2D eigenvalue weighted by molar-refractivity contribution is 0.174. The minimum atomic E-state index is -0.455. The van der Waals surface area contributed by atoms with E-state index in [0.717, 1.165) is 15.7 Å². The van der Waals surface area contributed by atoms with Crippen molar-refractivity contribution in [1.29, 1.82) is 0 Å². The normalized spacial score (nSPS) is 12.5. The Balaban J connectivity index is 1.60. The van der Waals surface area contributed by atoms with E-state index in [9.17, 15) is 9.59 Å². The topological polar surface area (TPSA) is 92.3 Å². The summed E-state index contributed by atoms with van der Waals surface area (Å²) in [6.45, 7) is 0.854. The van der Waals surface area contributed by atoms with Crippen molar-refractivity contribution in [2.24, 2.45) is 14.1 Å². The van der Waals surface area contributed by atoms with Crippen LogP contribution in [0.2, 0.25) is 10.0 Å². The van der Waals surface area contributed by atoms with Gasteiger partial charge in [0.1, 0.15) is 0 Å². The molecule has 11 heteroatoms. The lowest BCUT2D eigenvalue weighted by atomic mass is 10.2. The molecule has 0 unspecified atom stereocenters. The molecule has 0 atom stereocenters. The fourth-order valence-corrected chi connectivity index (χ4v) is 4.26. The van der Waals surface area contributed by atoms with Crippen molar-refractivity contribution in [2.45, 2.75) is 13.1 Å². The van der Waals surface area contributed by atoms with Crippen LogP contribution in [0.3, 0.4) is 0 Å². The first-order chi connectivity index (χ1) is 15.8. The minimum absolute atomic E-state index is 0.196. The van der Waals surface area contributed by atoms with Gasteiger partial charge < -0.3 is 14.8 Å². The summed E-state index contributed by atoms with van der Waals surface area (Å²) in [6.07, 6.45) is 0. The van der Waals surface area contributed by atoms with Crippen LogP contribution >= 0.6 is 23.2 Å². The van der Waals surface area contributed by atoms with Gasteiger partial charge in [0.2, 0.25) is 12.7 Å². The molecule has 1 aliphatic rings. The van der Waals surface area contributed by atoms with Crippen LogP contribution < -0.4 is 26.0 Å². The first kappa shape index (κ1) is 21.4. The van der Waals surface area contributed by atoms with E-state index in [1.165, 1.54) is 11.6 Å². The average Bonchev–Trinajstić information content (AvgIpc) is 3.41. The summed E-state index contributed by atoms with van der Waals surface area (Å²) in [6, 6.07) is 10.8. The van der Waals surface area contributed by atoms with Gasteiger partial charge in [0.15, 0.2) is 22.7 Å². The molecule has 0 saturated heterocycles. The summed E-state index contributed by atoms with van der Waals surface area (Å²) in [5.74, 6) is 1.79. The van der Waals surface area contributed by atoms with Crippen molar-refractivity contribution < 1.29 is 9.47 Å². The first-order valence-electron chi connectivity index (χ1n) is 10.1. The number of imidazole rings is 1. The van der Waals surface area contributed by atoms with Crippen molar-refractivity contribution in [1.82, 2.24) is 18.7 Å². The van der Waals surface area contributed by atoms with Crippen molar-refractivity contribution >= 4 is 40.3 Å². The molecule has 0 aliphatic carbocycles. The maximum absolute atomic E-state index is 13.0. The minimum Gasteiger partial charge on any atom is -0.454 e. The van der Waals surface area contributed by atoms with Gasteiger partial charge in [-0.05, 0) is 35.4 Å². The van der Waals surface area contributed by atoms with Gasteiger partial charge >= 0.3 is 5.69 Å². The van der Waals surface area contributed by atoms with Crippen molar-refractivity contribution in [3.05, 3.63) is 78.4 Å². The number of ether oxygens (including phenoxy) is 2. The summed E-state index contributed by atoms with van der Waals surface area (Å²) in [4.78, 5) is 30.1. The SMILES string of the molecule is Cn1c(=O)c2c(nc(NCc3ccc4c(c3)OCO4)n2Cc2ccc(Cl)cc2Cl)n(C)c1=O. The Hall–Kier alpha value is -3.43. The number of fused-ring (bicyclic) bond motifs is 2. The van der Waals surface area contributed by atoms with Gasteiger partial charge in [-0.2, -0.15) is 4.98 Å². The third kappa shape index (κ3) is 3.73. The van der Waals surface area contributed by atoms with E-state index in [1.54, 1.807) is 29.8 Å². The van der Waals surface area contributed by atoms with Crippen LogP contribution in [0.25, 0.3) is 11.2 Å². The number of hydrogen-bond donors (Lipinski definition) is 1. The molecular weight excluding hydrogens is 469 g/mol. The molecule has 2 aromatic carbocycles. The fraction of sp³-hybridized carbons (Fsp3) is 0.227. The second-order valence-electron chi connectivity index (χ2n) is 7.68. The summed E-state index contributed by atoms with van der Waals surface area (Å²) < 4.78 is 14.9. The van der Waals surface area contributed by atoms with Gasteiger partial charge in [0, 0.05) is 30.7 Å². The molecule has 5 rings (SSSR count). The third-order valence-corrected chi connectivity index (χ3v) is 6.17.